The van der Waals surface area contributed by atoms with Crippen LogP contribution in [0.2, 0.25) is 0 Å². The molecule has 1 atom stereocenters. The number of benzene rings is 1. The Morgan fingerprint density at radius 2 is 1.91 bits per heavy atom. The van der Waals surface area contributed by atoms with Gasteiger partial charge in [0.05, 0.1) is 4.90 Å². The molecule has 23 heavy (non-hydrogen) atoms. The van der Waals surface area contributed by atoms with Gasteiger partial charge in [0.2, 0.25) is 0 Å². The zero-order valence-corrected chi connectivity index (χ0v) is 13.2. The molecule has 0 unspecified atom stereocenters. The van der Waals surface area contributed by atoms with Crippen LogP contribution < -0.4 is 0 Å². The van der Waals surface area contributed by atoms with Gasteiger partial charge in [0.25, 0.3) is 15.7 Å². The van der Waals surface area contributed by atoms with E-state index in [1.165, 1.54) is 18.2 Å². The zero-order valence-electron chi connectivity index (χ0n) is 12.4. The molecule has 1 heterocycles. The molecule has 0 radical (unpaired) electrons. The first-order valence-corrected chi connectivity index (χ1v) is 8.53. The molecule has 1 aromatic carbocycles. The largest absolute Gasteiger partial charge is 0.439 e. The maximum atomic E-state index is 13.3. The third kappa shape index (κ3) is 3.20. The summed E-state index contributed by atoms with van der Waals surface area (Å²) >= 11 is 0. The van der Waals surface area contributed by atoms with Crippen molar-refractivity contribution in [3.63, 3.8) is 0 Å². The molecule has 1 N–H and O–H groups in total. The van der Waals surface area contributed by atoms with Crippen molar-refractivity contribution in [3.05, 3.63) is 30.3 Å². The standard InChI is InChI=1S/C14H17F3N2O3S/c1-2-3-7-11-10-13(20,14(15,16)17)19(18-11)23(21,22)12-8-5-4-6-9-12/h4-6,8-9,20H,2-3,7,10H2,1H3/t13-/m0/s1. The second kappa shape index (κ2) is 6.12. The summed E-state index contributed by atoms with van der Waals surface area (Å²) in [6, 6.07) is 6.63. The maximum absolute atomic E-state index is 13.3. The van der Waals surface area contributed by atoms with Gasteiger partial charge in [-0.05, 0) is 25.0 Å². The first-order valence-electron chi connectivity index (χ1n) is 7.09. The van der Waals surface area contributed by atoms with Crippen LogP contribution in [0.1, 0.15) is 32.6 Å². The molecule has 2 rings (SSSR count). The second-order valence-corrected chi connectivity index (χ2v) is 7.09. The third-order valence-corrected chi connectivity index (χ3v) is 5.25. The molecule has 9 heteroatoms. The molecule has 1 aliphatic rings. The molecule has 0 aliphatic carbocycles. The molecule has 1 aliphatic heterocycles. The van der Waals surface area contributed by atoms with Crippen LogP contribution in [0.15, 0.2) is 40.3 Å². The van der Waals surface area contributed by atoms with Crippen LogP contribution in [0, 0.1) is 0 Å². The highest BCUT2D eigenvalue weighted by molar-refractivity contribution is 7.89. The molecule has 5 nitrogen and oxygen atoms in total. The van der Waals surface area contributed by atoms with Gasteiger partial charge in [-0.1, -0.05) is 31.5 Å². The van der Waals surface area contributed by atoms with Crippen molar-refractivity contribution >= 4 is 15.7 Å². The summed E-state index contributed by atoms with van der Waals surface area (Å²) in [6.07, 6.45) is -4.55. The highest BCUT2D eigenvalue weighted by Gasteiger charge is 2.64. The van der Waals surface area contributed by atoms with E-state index in [0.29, 0.717) is 6.42 Å². The van der Waals surface area contributed by atoms with Gasteiger partial charge in [-0.2, -0.15) is 26.7 Å². The smallest absolute Gasteiger partial charge is 0.361 e. The monoisotopic (exact) mass is 350 g/mol. The molecule has 0 aromatic heterocycles. The Balaban J connectivity index is 2.48. The molecule has 128 valence electrons. The lowest BCUT2D eigenvalue weighted by Crippen LogP contribution is -2.56. The average Bonchev–Trinajstić information content (AvgIpc) is 2.85. The fraction of sp³-hybridized carbons (Fsp3) is 0.500. The number of nitrogens with zero attached hydrogens (tertiary/aromatic N) is 2. The lowest BCUT2D eigenvalue weighted by atomic mass is 10.0. The van der Waals surface area contributed by atoms with E-state index in [1.54, 1.807) is 0 Å². The van der Waals surface area contributed by atoms with E-state index < -0.39 is 28.3 Å². The van der Waals surface area contributed by atoms with Gasteiger partial charge in [-0.25, -0.2) is 0 Å². The first-order chi connectivity index (χ1) is 10.6. The fourth-order valence-electron chi connectivity index (χ4n) is 2.27. The Morgan fingerprint density at radius 1 is 1.30 bits per heavy atom. The van der Waals surface area contributed by atoms with Crippen LogP contribution in [-0.4, -0.2) is 35.6 Å². The molecular formula is C14H17F3N2O3S. The van der Waals surface area contributed by atoms with E-state index in [4.69, 9.17) is 0 Å². The van der Waals surface area contributed by atoms with Gasteiger partial charge in [-0.15, -0.1) is 4.41 Å². The average molecular weight is 350 g/mol. The quantitative estimate of drug-likeness (QED) is 0.888. The normalized spacial score (nSPS) is 22.3. The second-order valence-electron chi connectivity index (χ2n) is 5.32. The minimum Gasteiger partial charge on any atom is -0.361 e. The van der Waals surface area contributed by atoms with Crippen molar-refractivity contribution in [2.24, 2.45) is 5.10 Å². The van der Waals surface area contributed by atoms with Crippen LogP contribution in [0.25, 0.3) is 0 Å². The number of unbranched alkanes of at least 4 members (excludes halogenated alkanes) is 1. The number of rotatable bonds is 5. The molecule has 1 aromatic rings. The van der Waals surface area contributed by atoms with E-state index >= 15 is 0 Å². The predicted molar refractivity (Wildman–Crippen MR) is 78.0 cm³/mol. The van der Waals surface area contributed by atoms with Crippen LogP contribution in [0.3, 0.4) is 0 Å². The molecule has 0 amide bonds. The summed E-state index contributed by atoms with van der Waals surface area (Å²) in [7, 11) is -4.61. The number of aliphatic hydroxyl groups is 1. The van der Waals surface area contributed by atoms with Crippen molar-refractivity contribution in [2.45, 2.75) is 49.4 Å². The molecular weight excluding hydrogens is 333 g/mol. The van der Waals surface area contributed by atoms with Crippen LogP contribution in [0.4, 0.5) is 13.2 Å². The molecule has 0 fully saturated rings. The Hall–Kier alpha value is -1.61. The van der Waals surface area contributed by atoms with Gasteiger partial charge in [0, 0.05) is 12.1 Å². The summed E-state index contributed by atoms with van der Waals surface area (Å²) < 4.78 is 64.7. The van der Waals surface area contributed by atoms with Crippen LogP contribution in [-0.2, 0) is 10.0 Å². The predicted octanol–water partition coefficient (Wildman–Crippen LogP) is 2.88. The van der Waals surface area contributed by atoms with E-state index in [1.807, 2.05) is 6.92 Å². The highest BCUT2D eigenvalue weighted by Crippen LogP contribution is 2.43. The third-order valence-electron chi connectivity index (χ3n) is 3.54. The van der Waals surface area contributed by atoms with Crippen molar-refractivity contribution < 1.29 is 26.7 Å². The number of hydrogen-bond donors (Lipinski definition) is 1. The Morgan fingerprint density at radius 3 is 2.43 bits per heavy atom. The van der Waals surface area contributed by atoms with Crippen molar-refractivity contribution in [1.29, 1.82) is 0 Å². The lowest BCUT2D eigenvalue weighted by molar-refractivity contribution is -0.291. The minimum absolute atomic E-state index is 0.0196. The van der Waals surface area contributed by atoms with E-state index in [0.717, 1.165) is 18.6 Å². The lowest BCUT2D eigenvalue weighted by Gasteiger charge is -2.33. The summed E-state index contributed by atoms with van der Waals surface area (Å²) in [5, 5.41) is 13.6. The Labute approximate surface area is 132 Å². The summed E-state index contributed by atoms with van der Waals surface area (Å²) in [5.74, 6) is 0. The van der Waals surface area contributed by atoms with Gasteiger partial charge >= 0.3 is 6.18 Å². The number of halogens is 3. The fourth-order valence-corrected chi connectivity index (χ4v) is 3.76. The number of alkyl halides is 3. The van der Waals surface area contributed by atoms with Crippen molar-refractivity contribution in [2.75, 3.05) is 0 Å². The van der Waals surface area contributed by atoms with Gasteiger partial charge < -0.3 is 5.11 Å². The zero-order chi connectivity index (χ0) is 17.3. The molecule has 0 saturated carbocycles. The minimum atomic E-state index is -5.16. The number of hydrazone groups is 1. The molecule has 0 bridgehead atoms. The Bertz CT molecular complexity index is 689. The van der Waals surface area contributed by atoms with Gasteiger partial charge in [0.1, 0.15) is 0 Å². The van der Waals surface area contributed by atoms with E-state index in [-0.39, 0.29) is 21.4 Å². The van der Waals surface area contributed by atoms with Crippen molar-refractivity contribution in [1.82, 2.24) is 4.41 Å². The van der Waals surface area contributed by atoms with E-state index in [2.05, 4.69) is 5.10 Å². The number of hydrogen-bond acceptors (Lipinski definition) is 4. The molecule has 0 saturated heterocycles. The van der Waals surface area contributed by atoms with Crippen LogP contribution in [0.5, 0.6) is 0 Å². The highest BCUT2D eigenvalue weighted by atomic mass is 32.2. The summed E-state index contributed by atoms with van der Waals surface area (Å²) in [6.45, 7) is 1.85. The van der Waals surface area contributed by atoms with Crippen molar-refractivity contribution in [3.8, 4) is 0 Å². The Kier molecular flexibility index (Phi) is 4.72. The van der Waals surface area contributed by atoms with E-state index in [9.17, 15) is 26.7 Å². The van der Waals surface area contributed by atoms with Gasteiger partial charge in [0.15, 0.2) is 0 Å². The summed E-state index contributed by atoms with van der Waals surface area (Å²) in [5.41, 5.74) is -3.53. The van der Waals surface area contributed by atoms with Gasteiger partial charge in [-0.3, -0.25) is 0 Å². The van der Waals surface area contributed by atoms with Crippen LogP contribution >= 0.6 is 0 Å². The SMILES string of the molecule is CCCCC1=NN(S(=O)(=O)c2ccccc2)[C@@](O)(C(F)(F)F)C1. The molecule has 0 spiro atoms. The summed E-state index contributed by atoms with van der Waals surface area (Å²) in [4.78, 5) is -0.358. The topological polar surface area (TPSA) is 70.0 Å². The first kappa shape index (κ1) is 17.7. The number of sulfonamides is 1. The maximum Gasteiger partial charge on any atom is 0.439 e.